The molecule has 1 aliphatic heterocycles. The minimum Gasteiger partial charge on any atom is -0.394 e. The molecule has 0 saturated carbocycles. The van der Waals surface area contributed by atoms with Crippen LogP contribution in [0.1, 0.15) is 31.4 Å². The van der Waals surface area contributed by atoms with Crippen LogP contribution in [0.15, 0.2) is 84.9 Å². The molecule has 7 heteroatoms. The zero-order valence-electron chi connectivity index (χ0n) is 22.3. The Kier molecular flexibility index (Phi) is 7.79. The van der Waals surface area contributed by atoms with Crippen LogP contribution in [0, 0.1) is 23.7 Å². The summed E-state index contributed by atoms with van der Waals surface area (Å²) in [5, 5.41) is 18.4. The molecule has 2 aliphatic rings. The van der Waals surface area contributed by atoms with Gasteiger partial charge in [0.2, 0.25) is 17.7 Å². The maximum absolute atomic E-state index is 14.3. The van der Waals surface area contributed by atoms with Crippen LogP contribution >= 0.6 is 0 Å². The fourth-order valence-electron chi connectivity index (χ4n) is 6.43. The number of aliphatic hydroxyl groups is 1. The van der Waals surface area contributed by atoms with Crippen LogP contribution < -0.4 is 10.6 Å². The third-order valence-electron chi connectivity index (χ3n) is 8.20. The van der Waals surface area contributed by atoms with E-state index in [1.165, 1.54) is 4.90 Å². The summed E-state index contributed by atoms with van der Waals surface area (Å²) in [5.41, 5.74) is 1.36. The van der Waals surface area contributed by atoms with Crippen molar-refractivity contribution in [3.63, 3.8) is 0 Å². The van der Waals surface area contributed by atoms with Gasteiger partial charge in [-0.05, 0) is 40.8 Å². The number of allylic oxidation sites excluding steroid dienone is 1. The lowest BCUT2D eigenvalue weighted by molar-refractivity contribution is -0.143. The number of amides is 3. The maximum Gasteiger partial charge on any atom is 0.247 e. The molecule has 202 valence electrons. The van der Waals surface area contributed by atoms with Crippen LogP contribution in [0.2, 0.25) is 0 Å². The molecule has 0 bridgehead atoms. The highest BCUT2D eigenvalue weighted by Gasteiger charge is 2.58. The summed E-state index contributed by atoms with van der Waals surface area (Å²) < 4.78 is 0. The summed E-state index contributed by atoms with van der Waals surface area (Å²) in [6, 6.07) is 21.2. The van der Waals surface area contributed by atoms with Gasteiger partial charge in [-0.2, -0.15) is 0 Å². The molecule has 3 aromatic rings. The first-order chi connectivity index (χ1) is 19.0. The lowest BCUT2D eigenvalue weighted by Gasteiger charge is -2.34. The van der Waals surface area contributed by atoms with E-state index in [4.69, 9.17) is 0 Å². The minimum atomic E-state index is -0.891. The predicted octanol–water partition coefficient (Wildman–Crippen LogP) is 4.30. The fourth-order valence-corrected chi connectivity index (χ4v) is 6.43. The Hall–Kier alpha value is -3.97. The molecule has 1 saturated heterocycles. The number of aliphatic hydroxyl groups excluding tert-OH is 1. The summed E-state index contributed by atoms with van der Waals surface area (Å²) in [5.74, 6) is -2.71. The number of anilines is 1. The van der Waals surface area contributed by atoms with Crippen molar-refractivity contribution in [1.82, 2.24) is 10.2 Å². The minimum absolute atomic E-state index is 0.103. The number of fused-ring (bicyclic) bond motifs is 2. The van der Waals surface area contributed by atoms with Crippen molar-refractivity contribution in [1.29, 1.82) is 0 Å². The molecule has 1 aliphatic carbocycles. The lowest BCUT2D eigenvalue weighted by atomic mass is 9.68. The van der Waals surface area contributed by atoms with Gasteiger partial charge < -0.3 is 20.6 Å². The highest BCUT2D eigenvalue weighted by molar-refractivity contribution is 6.03. The topological polar surface area (TPSA) is 98.7 Å². The van der Waals surface area contributed by atoms with Gasteiger partial charge in [0.1, 0.15) is 6.04 Å². The number of nitrogens with zero attached hydrogens (tertiary/aromatic N) is 1. The van der Waals surface area contributed by atoms with Gasteiger partial charge in [0, 0.05) is 18.7 Å². The normalized spacial score (nSPS) is 24.8. The molecule has 39 heavy (non-hydrogen) atoms. The maximum atomic E-state index is 14.3. The molecule has 3 amide bonds. The van der Waals surface area contributed by atoms with E-state index in [1.807, 2.05) is 84.9 Å². The molecular weight excluding hydrogens is 490 g/mol. The first-order valence-corrected chi connectivity index (χ1v) is 13.7. The summed E-state index contributed by atoms with van der Waals surface area (Å²) in [6.07, 6.45) is 5.59. The average Bonchev–Trinajstić information content (AvgIpc) is 3.25. The third-order valence-corrected chi connectivity index (χ3v) is 8.20. The summed E-state index contributed by atoms with van der Waals surface area (Å²) >= 11 is 0. The largest absolute Gasteiger partial charge is 0.394 e. The predicted molar refractivity (Wildman–Crippen MR) is 152 cm³/mol. The molecule has 1 fully saturated rings. The van der Waals surface area contributed by atoms with E-state index < -0.39 is 29.8 Å². The van der Waals surface area contributed by atoms with Crippen molar-refractivity contribution in [2.45, 2.75) is 31.8 Å². The number of carbonyl (C=O) groups excluding carboxylic acids is 3. The molecule has 6 atom stereocenters. The standard InChI is InChI=1S/C32H35N3O4/c1-3-9-22-15-17-25-28(27(22)30(37)33-2)32(39)35(26(19-36)21-11-5-4-6-12-21)29(25)31(38)34-24-16-14-20-10-7-8-13-23(20)18-24/h4-8,10-18,22,25-29,36H,3,9,19H2,1-2H3,(H,33,37)(H,34,38)/t22-,25+,26-,27-,28-,29+/m1/s1. The highest BCUT2D eigenvalue weighted by Crippen LogP contribution is 2.48. The fraction of sp³-hybridized carbons (Fsp3) is 0.344. The van der Waals surface area contributed by atoms with Gasteiger partial charge in [0.05, 0.1) is 24.5 Å². The second kappa shape index (κ2) is 11.4. The third kappa shape index (κ3) is 4.94. The molecule has 0 unspecified atom stereocenters. The van der Waals surface area contributed by atoms with Gasteiger partial charge in [-0.15, -0.1) is 0 Å². The van der Waals surface area contributed by atoms with E-state index in [9.17, 15) is 19.5 Å². The Morgan fingerprint density at radius 2 is 1.67 bits per heavy atom. The van der Waals surface area contributed by atoms with Gasteiger partial charge >= 0.3 is 0 Å². The van der Waals surface area contributed by atoms with E-state index in [0.717, 1.165) is 29.2 Å². The van der Waals surface area contributed by atoms with Crippen molar-refractivity contribution in [2.75, 3.05) is 19.0 Å². The second-order valence-electron chi connectivity index (χ2n) is 10.4. The van der Waals surface area contributed by atoms with Crippen molar-refractivity contribution < 1.29 is 19.5 Å². The van der Waals surface area contributed by atoms with E-state index >= 15 is 0 Å². The first-order valence-electron chi connectivity index (χ1n) is 13.7. The number of nitrogens with one attached hydrogen (secondary N) is 2. The molecule has 5 rings (SSSR count). The van der Waals surface area contributed by atoms with Gasteiger partial charge in [0.15, 0.2) is 0 Å². The molecule has 0 radical (unpaired) electrons. The van der Waals surface area contributed by atoms with Crippen LogP contribution in [-0.2, 0) is 14.4 Å². The summed E-state index contributed by atoms with van der Waals surface area (Å²) in [4.78, 5) is 43.0. The Labute approximate surface area is 228 Å². The van der Waals surface area contributed by atoms with Gasteiger partial charge in [-0.25, -0.2) is 0 Å². The lowest BCUT2D eigenvalue weighted by Crippen LogP contribution is -2.46. The smallest absolute Gasteiger partial charge is 0.247 e. The molecule has 0 aromatic heterocycles. The summed E-state index contributed by atoms with van der Waals surface area (Å²) in [6.45, 7) is 1.71. The van der Waals surface area contributed by atoms with Gasteiger partial charge in [-0.1, -0.05) is 86.2 Å². The monoisotopic (exact) mass is 525 g/mol. The van der Waals surface area contributed by atoms with E-state index in [0.29, 0.717) is 5.69 Å². The SMILES string of the molecule is CCC[C@@H]1C=C[C@H]2[C@@H](C(=O)N([C@H](CO)c3ccccc3)[C@@H]2C(=O)Nc2ccc3ccccc3c2)[C@@H]1C(=O)NC. The number of hydrogen-bond acceptors (Lipinski definition) is 4. The van der Waals surface area contributed by atoms with Crippen molar-refractivity contribution in [3.05, 3.63) is 90.5 Å². The van der Waals surface area contributed by atoms with Gasteiger partial charge in [-0.3, -0.25) is 14.4 Å². The Balaban J connectivity index is 1.57. The van der Waals surface area contributed by atoms with Crippen molar-refractivity contribution in [2.24, 2.45) is 23.7 Å². The second-order valence-corrected chi connectivity index (χ2v) is 10.4. The van der Waals surface area contributed by atoms with Crippen LogP contribution in [0.4, 0.5) is 5.69 Å². The number of benzene rings is 3. The average molecular weight is 526 g/mol. The summed E-state index contributed by atoms with van der Waals surface area (Å²) in [7, 11) is 1.58. The van der Waals surface area contributed by atoms with E-state index in [2.05, 4.69) is 17.6 Å². The number of likely N-dealkylation sites (tertiary alicyclic amines) is 1. The van der Waals surface area contributed by atoms with Crippen molar-refractivity contribution >= 4 is 34.2 Å². The zero-order chi connectivity index (χ0) is 27.5. The van der Waals surface area contributed by atoms with Crippen molar-refractivity contribution in [3.8, 4) is 0 Å². The van der Waals surface area contributed by atoms with E-state index in [1.54, 1.807) is 7.05 Å². The molecule has 3 N–H and O–H groups in total. The number of carbonyl (C=O) groups is 3. The van der Waals surface area contributed by atoms with Gasteiger partial charge in [0.25, 0.3) is 0 Å². The molecular formula is C32H35N3O4. The van der Waals surface area contributed by atoms with E-state index in [-0.39, 0.29) is 30.2 Å². The first kappa shape index (κ1) is 26.6. The van der Waals surface area contributed by atoms with Crippen LogP contribution in [0.5, 0.6) is 0 Å². The molecule has 7 nitrogen and oxygen atoms in total. The molecule has 3 aromatic carbocycles. The molecule has 1 heterocycles. The Morgan fingerprint density at radius 1 is 0.949 bits per heavy atom. The Morgan fingerprint density at radius 3 is 2.36 bits per heavy atom. The zero-order valence-corrected chi connectivity index (χ0v) is 22.3. The van der Waals surface area contributed by atoms with Crippen LogP contribution in [0.3, 0.4) is 0 Å². The Bertz CT molecular complexity index is 1390. The van der Waals surface area contributed by atoms with Crippen LogP contribution in [-0.4, -0.2) is 47.4 Å². The quantitative estimate of drug-likeness (QED) is 0.382. The van der Waals surface area contributed by atoms with Crippen LogP contribution in [0.25, 0.3) is 10.8 Å². The highest BCUT2D eigenvalue weighted by atomic mass is 16.3. The number of hydrogen-bond donors (Lipinski definition) is 3. The number of rotatable bonds is 8. The molecule has 0 spiro atoms.